The molecule has 14 heteroatoms. The number of hydrogen-bond acceptors (Lipinski definition) is 11. The van der Waals surface area contributed by atoms with Gasteiger partial charge in [0, 0.05) is 40.0 Å². The lowest BCUT2D eigenvalue weighted by atomic mass is 9.65. The summed E-state index contributed by atoms with van der Waals surface area (Å²) < 4.78 is 35.4. The average Bonchev–Trinajstić information content (AvgIpc) is 3.71. The molecule has 0 spiro atoms. The smallest absolute Gasteiger partial charge is 0.319 e. The molecule has 4 aromatic rings. The summed E-state index contributed by atoms with van der Waals surface area (Å²) in [4.78, 5) is 18.9. The number of hydrogen-bond donors (Lipinski definition) is 2. The Morgan fingerprint density at radius 3 is 2.78 bits per heavy atom. The number of rotatable bonds is 7. The quantitative estimate of drug-likeness (QED) is 0.233. The van der Waals surface area contributed by atoms with E-state index in [-0.39, 0.29) is 52.5 Å². The molecule has 4 fully saturated rings. The fraction of sp³-hybridized carbons (Fsp3) is 0.595. The number of nitrogens with one attached hydrogen (secondary N) is 1. The Balaban J connectivity index is 1.23. The molecule has 5 heterocycles. The van der Waals surface area contributed by atoms with E-state index in [0.717, 1.165) is 51.5 Å². The van der Waals surface area contributed by atoms with Gasteiger partial charge >= 0.3 is 6.01 Å². The van der Waals surface area contributed by atoms with Crippen LogP contribution in [0.4, 0.5) is 10.2 Å². The molecule has 51 heavy (non-hydrogen) atoms. The minimum atomic E-state index is -1.19. The molecule has 4 aliphatic rings. The maximum atomic E-state index is 17.2. The van der Waals surface area contributed by atoms with Gasteiger partial charge in [0.2, 0.25) is 5.88 Å². The molecule has 2 aliphatic carbocycles. The molecule has 12 nitrogen and oxygen atoms in total. The molecule has 3 unspecified atom stereocenters. The van der Waals surface area contributed by atoms with Crippen LogP contribution >= 0.6 is 11.6 Å². The van der Waals surface area contributed by atoms with E-state index in [4.69, 9.17) is 40.8 Å². The van der Waals surface area contributed by atoms with E-state index in [0.29, 0.717) is 64.7 Å². The highest BCUT2D eigenvalue weighted by atomic mass is 35.5. The molecule has 8 rings (SSSR count). The number of methoxy groups -OCH3 is 1. The summed E-state index contributed by atoms with van der Waals surface area (Å²) in [6.45, 7) is 8.04. The minimum absolute atomic E-state index is 0.00585. The van der Waals surface area contributed by atoms with Gasteiger partial charge in [-0.25, -0.2) is 9.37 Å². The third kappa shape index (κ3) is 5.84. The topological polar surface area (TPSA) is 146 Å². The van der Waals surface area contributed by atoms with E-state index in [2.05, 4.69) is 28.1 Å². The third-order valence-corrected chi connectivity index (χ3v) is 12.2. The molecule has 2 N–H and O–H groups in total. The summed E-state index contributed by atoms with van der Waals surface area (Å²) in [7, 11) is 1.48. The number of likely N-dealkylation sites (tertiary alicyclic amines) is 1. The molecule has 1 aromatic carbocycles. The monoisotopic (exact) mass is 718 g/mol. The van der Waals surface area contributed by atoms with Gasteiger partial charge in [0.15, 0.2) is 5.82 Å². The van der Waals surface area contributed by atoms with E-state index in [1.165, 1.54) is 7.11 Å². The normalized spacial score (nSPS) is 29.8. The predicted molar refractivity (Wildman–Crippen MR) is 191 cm³/mol. The maximum Gasteiger partial charge on any atom is 0.319 e. The second-order valence-electron chi connectivity index (χ2n) is 15.6. The van der Waals surface area contributed by atoms with Crippen LogP contribution in [0.2, 0.25) is 5.02 Å². The SMILES string of the molecule is COc1nc(-c2c(C)c(Cl)cc3[nH]ncc23)c(F)c2nc(OCC34CCCC3N(C3CC(C)(C#N)C3)CCC4)nc(N3CCOCC(C)(O)C3)c12. The van der Waals surface area contributed by atoms with Gasteiger partial charge in [-0.1, -0.05) is 18.0 Å². The van der Waals surface area contributed by atoms with Crippen LogP contribution in [0.25, 0.3) is 33.1 Å². The molecular weight excluding hydrogens is 675 g/mol. The first-order valence-electron chi connectivity index (χ1n) is 17.9. The highest BCUT2D eigenvalue weighted by molar-refractivity contribution is 6.33. The third-order valence-electron chi connectivity index (χ3n) is 11.8. The average molecular weight is 719 g/mol. The van der Waals surface area contributed by atoms with Crippen molar-refractivity contribution in [1.29, 1.82) is 5.26 Å². The number of aliphatic hydroxyl groups is 1. The van der Waals surface area contributed by atoms with E-state index in [1.54, 1.807) is 19.2 Å². The first kappa shape index (κ1) is 34.3. The number of nitriles is 1. The van der Waals surface area contributed by atoms with Crippen LogP contribution in [-0.4, -0.2) is 99.4 Å². The van der Waals surface area contributed by atoms with Gasteiger partial charge < -0.3 is 24.2 Å². The number of nitrogens with zero attached hydrogens (tertiary/aromatic N) is 7. The number of β-amino-alcohol motifs (C(OH)–C–C–N with tert-alkyl or cyclic N) is 1. The van der Waals surface area contributed by atoms with Crippen LogP contribution in [-0.2, 0) is 4.74 Å². The second-order valence-corrected chi connectivity index (χ2v) is 16.0. The molecule has 0 amide bonds. The molecule has 2 aliphatic heterocycles. The van der Waals surface area contributed by atoms with Gasteiger partial charge in [0.25, 0.3) is 0 Å². The molecule has 3 atom stereocenters. The Bertz CT molecular complexity index is 2040. The Kier molecular flexibility index (Phi) is 8.52. The number of aromatic nitrogens is 5. The number of fused-ring (bicyclic) bond motifs is 3. The van der Waals surface area contributed by atoms with Crippen LogP contribution < -0.4 is 14.4 Å². The fourth-order valence-electron chi connectivity index (χ4n) is 9.25. The standard InChI is InChI=1S/C37H44ClFN8O4/c1-21-24(38)13-25-23(16-41-45-25)27(21)30-29(39)31-28(33(42-30)49-4)32(46-11-12-50-19-36(3,48)18-46)44-34(43-31)51-20-37-8-5-7-26(37)47(10-6-9-37)22-14-35(2,15-22)17-40/h13,16,22,26,48H,5-12,14-15,18-20H2,1-4H3,(H,41,45). The van der Waals surface area contributed by atoms with Crippen molar-refractivity contribution in [1.82, 2.24) is 30.0 Å². The lowest BCUT2D eigenvalue weighted by Gasteiger charge is -2.54. The Morgan fingerprint density at radius 2 is 2.00 bits per heavy atom. The van der Waals surface area contributed by atoms with Crippen molar-refractivity contribution >= 4 is 39.2 Å². The lowest BCUT2D eigenvalue weighted by Crippen LogP contribution is -2.60. The van der Waals surface area contributed by atoms with Gasteiger partial charge in [-0.15, -0.1) is 0 Å². The second kappa shape index (κ2) is 12.7. The van der Waals surface area contributed by atoms with Crippen LogP contribution in [0.15, 0.2) is 12.3 Å². The predicted octanol–water partition coefficient (Wildman–Crippen LogP) is 5.97. The largest absolute Gasteiger partial charge is 0.480 e. The van der Waals surface area contributed by atoms with Crippen LogP contribution in [0.3, 0.4) is 0 Å². The van der Waals surface area contributed by atoms with E-state index in [9.17, 15) is 10.4 Å². The number of H-pyrrole nitrogens is 1. The molecule has 0 bridgehead atoms. The molecular formula is C37H44ClFN8O4. The maximum absolute atomic E-state index is 17.2. The lowest BCUT2D eigenvalue weighted by molar-refractivity contribution is -0.0629. The van der Waals surface area contributed by atoms with Crippen molar-refractivity contribution in [3.63, 3.8) is 0 Å². The van der Waals surface area contributed by atoms with Crippen molar-refractivity contribution in [2.24, 2.45) is 10.8 Å². The van der Waals surface area contributed by atoms with Gasteiger partial charge in [0.05, 0.1) is 56.7 Å². The summed E-state index contributed by atoms with van der Waals surface area (Å²) in [5, 5.41) is 29.3. The van der Waals surface area contributed by atoms with Crippen LogP contribution in [0, 0.1) is 34.9 Å². The van der Waals surface area contributed by atoms with Gasteiger partial charge in [0.1, 0.15) is 28.0 Å². The summed E-state index contributed by atoms with van der Waals surface area (Å²) in [6.07, 6.45) is 8.69. The first-order valence-corrected chi connectivity index (χ1v) is 18.3. The zero-order valence-corrected chi connectivity index (χ0v) is 30.3. The molecule has 0 radical (unpaired) electrons. The summed E-state index contributed by atoms with van der Waals surface area (Å²) in [5.41, 5.74) is 0.248. The molecule has 2 saturated carbocycles. The molecule has 2 saturated heterocycles. The number of anilines is 1. The highest BCUT2D eigenvalue weighted by Crippen LogP contribution is 2.53. The van der Waals surface area contributed by atoms with Gasteiger partial charge in [-0.3, -0.25) is 10.00 Å². The zero-order valence-electron chi connectivity index (χ0n) is 29.6. The van der Waals surface area contributed by atoms with E-state index < -0.39 is 11.4 Å². The molecule has 270 valence electrons. The fourth-order valence-corrected chi connectivity index (χ4v) is 9.46. The van der Waals surface area contributed by atoms with E-state index in [1.807, 2.05) is 11.8 Å². The first-order chi connectivity index (χ1) is 24.4. The van der Waals surface area contributed by atoms with Crippen LogP contribution in [0.1, 0.15) is 64.4 Å². The number of halogens is 2. The Labute approximate surface area is 301 Å². The minimum Gasteiger partial charge on any atom is -0.480 e. The van der Waals surface area contributed by atoms with Crippen molar-refractivity contribution in [3.05, 3.63) is 28.7 Å². The van der Waals surface area contributed by atoms with Gasteiger partial charge in [-0.05, 0) is 77.5 Å². The number of pyridine rings is 1. The highest BCUT2D eigenvalue weighted by Gasteiger charge is 2.54. The number of ether oxygens (including phenoxy) is 3. The summed E-state index contributed by atoms with van der Waals surface area (Å²) >= 11 is 6.63. The number of aromatic amines is 1. The molecule has 3 aromatic heterocycles. The summed E-state index contributed by atoms with van der Waals surface area (Å²) in [6, 6.07) is 5.06. The number of piperidine rings is 1. The van der Waals surface area contributed by atoms with Crippen molar-refractivity contribution in [2.75, 3.05) is 51.5 Å². The van der Waals surface area contributed by atoms with Gasteiger partial charge in [-0.2, -0.15) is 20.3 Å². The number of benzene rings is 1. The van der Waals surface area contributed by atoms with E-state index >= 15 is 4.39 Å². The van der Waals surface area contributed by atoms with Crippen molar-refractivity contribution in [2.45, 2.75) is 83.4 Å². The summed E-state index contributed by atoms with van der Waals surface area (Å²) in [5.74, 6) is -0.190. The van der Waals surface area contributed by atoms with Crippen molar-refractivity contribution < 1.29 is 23.7 Å². The van der Waals surface area contributed by atoms with Crippen molar-refractivity contribution in [3.8, 4) is 29.2 Å². The zero-order chi connectivity index (χ0) is 35.7. The van der Waals surface area contributed by atoms with Crippen LogP contribution in [0.5, 0.6) is 11.9 Å². The Morgan fingerprint density at radius 1 is 1.20 bits per heavy atom. The Hall–Kier alpha value is -3.83.